The molecule has 1 aliphatic rings. The van der Waals surface area contributed by atoms with Crippen molar-refractivity contribution in [3.63, 3.8) is 0 Å². The summed E-state index contributed by atoms with van der Waals surface area (Å²) >= 11 is 0. The van der Waals surface area contributed by atoms with Gasteiger partial charge in [0.2, 0.25) is 5.91 Å². The fraction of sp³-hybridized carbons (Fsp3) is 0.381. The lowest BCUT2D eigenvalue weighted by Crippen LogP contribution is -2.36. The van der Waals surface area contributed by atoms with E-state index in [-0.39, 0.29) is 5.91 Å². The van der Waals surface area contributed by atoms with Crippen LogP contribution < -0.4 is 9.64 Å². The zero-order valence-electron chi connectivity index (χ0n) is 14.9. The smallest absolute Gasteiger partial charge is 0.227 e. The van der Waals surface area contributed by atoms with E-state index in [1.807, 2.05) is 18.2 Å². The molecule has 0 saturated carbocycles. The number of aryl methyl sites for hydroxylation is 2. The minimum Gasteiger partial charge on any atom is -0.497 e. The van der Waals surface area contributed by atoms with Crippen LogP contribution in [0.3, 0.4) is 0 Å². The number of benzene rings is 2. The SMILES string of the molecule is CCc1ccc(CCC(=O)N2CCC(O)c3ccc(OC)cc32)cc1. The molecule has 1 heterocycles. The summed E-state index contributed by atoms with van der Waals surface area (Å²) in [4.78, 5) is 14.5. The molecule has 0 spiro atoms. The molecule has 0 fully saturated rings. The van der Waals surface area contributed by atoms with Crippen LogP contribution in [0.15, 0.2) is 42.5 Å². The number of aliphatic hydroxyl groups is 1. The van der Waals surface area contributed by atoms with Crippen LogP contribution in [0.1, 0.15) is 42.6 Å². The Morgan fingerprint density at radius 2 is 1.92 bits per heavy atom. The average Bonchev–Trinajstić information content (AvgIpc) is 2.66. The average molecular weight is 339 g/mol. The number of amides is 1. The first-order chi connectivity index (χ1) is 12.1. The Labute approximate surface area is 149 Å². The lowest BCUT2D eigenvalue weighted by Gasteiger charge is -2.32. The van der Waals surface area contributed by atoms with Crippen LogP contribution in [0, 0.1) is 0 Å². The quantitative estimate of drug-likeness (QED) is 0.904. The molecule has 4 heteroatoms. The van der Waals surface area contributed by atoms with Crippen LogP contribution in [-0.4, -0.2) is 24.7 Å². The molecule has 0 saturated heterocycles. The first-order valence-corrected chi connectivity index (χ1v) is 8.86. The van der Waals surface area contributed by atoms with Crippen molar-refractivity contribution in [3.05, 3.63) is 59.2 Å². The van der Waals surface area contributed by atoms with Crippen LogP contribution in [0.5, 0.6) is 5.75 Å². The first kappa shape index (κ1) is 17.5. The van der Waals surface area contributed by atoms with E-state index in [9.17, 15) is 9.90 Å². The Bertz CT molecular complexity index is 739. The number of methoxy groups -OCH3 is 1. The summed E-state index contributed by atoms with van der Waals surface area (Å²) in [5.74, 6) is 0.779. The van der Waals surface area contributed by atoms with E-state index in [4.69, 9.17) is 4.74 Å². The highest BCUT2D eigenvalue weighted by atomic mass is 16.5. The summed E-state index contributed by atoms with van der Waals surface area (Å²) in [5.41, 5.74) is 4.05. The van der Waals surface area contributed by atoms with Crippen molar-refractivity contribution in [2.75, 3.05) is 18.6 Å². The zero-order chi connectivity index (χ0) is 17.8. The van der Waals surface area contributed by atoms with Gasteiger partial charge in [-0.25, -0.2) is 0 Å². The van der Waals surface area contributed by atoms with Crippen LogP contribution in [-0.2, 0) is 17.6 Å². The number of carbonyl (C=O) groups excluding carboxylic acids is 1. The number of hydrogen-bond acceptors (Lipinski definition) is 3. The molecule has 1 N–H and O–H groups in total. The maximum Gasteiger partial charge on any atom is 0.227 e. The summed E-state index contributed by atoms with van der Waals surface area (Å²) in [6, 6.07) is 14.0. The molecule has 2 aromatic carbocycles. The first-order valence-electron chi connectivity index (χ1n) is 8.86. The lowest BCUT2D eigenvalue weighted by atomic mass is 9.97. The predicted octanol–water partition coefficient (Wildman–Crippen LogP) is 3.66. The van der Waals surface area contributed by atoms with Crippen molar-refractivity contribution >= 4 is 11.6 Å². The minimum atomic E-state index is -0.522. The van der Waals surface area contributed by atoms with Gasteiger partial charge in [-0.2, -0.15) is 0 Å². The van der Waals surface area contributed by atoms with Gasteiger partial charge in [-0.3, -0.25) is 4.79 Å². The van der Waals surface area contributed by atoms with Gasteiger partial charge in [0, 0.05) is 24.6 Å². The third-order valence-corrected chi connectivity index (χ3v) is 4.87. The predicted molar refractivity (Wildman–Crippen MR) is 99.1 cm³/mol. The van der Waals surface area contributed by atoms with E-state index < -0.39 is 6.10 Å². The second kappa shape index (κ2) is 7.70. The van der Waals surface area contributed by atoms with Crippen molar-refractivity contribution in [2.24, 2.45) is 0 Å². The largest absolute Gasteiger partial charge is 0.497 e. The zero-order valence-corrected chi connectivity index (χ0v) is 14.9. The van der Waals surface area contributed by atoms with Crippen LogP contribution in [0.2, 0.25) is 0 Å². The molecule has 1 unspecified atom stereocenters. The summed E-state index contributed by atoms with van der Waals surface area (Å²) in [6.45, 7) is 2.67. The number of ether oxygens (including phenoxy) is 1. The Hall–Kier alpha value is -2.33. The highest BCUT2D eigenvalue weighted by Crippen LogP contribution is 2.36. The fourth-order valence-electron chi connectivity index (χ4n) is 3.28. The molecule has 1 amide bonds. The highest BCUT2D eigenvalue weighted by molar-refractivity contribution is 5.95. The van der Waals surface area contributed by atoms with Gasteiger partial charge in [0.15, 0.2) is 0 Å². The van der Waals surface area contributed by atoms with Gasteiger partial charge in [-0.1, -0.05) is 37.3 Å². The van der Waals surface area contributed by atoms with Crippen LogP contribution in [0.25, 0.3) is 0 Å². The van der Waals surface area contributed by atoms with E-state index in [0.717, 1.165) is 24.1 Å². The third kappa shape index (κ3) is 3.85. The van der Waals surface area contributed by atoms with E-state index in [0.29, 0.717) is 25.1 Å². The van der Waals surface area contributed by atoms with Gasteiger partial charge in [-0.15, -0.1) is 0 Å². The Kier molecular flexibility index (Phi) is 5.39. The van der Waals surface area contributed by atoms with Crippen LogP contribution >= 0.6 is 0 Å². The normalized spacial score (nSPS) is 16.4. The maximum atomic E-state index is 12.8. The molecule has 0 radical (unpaired) electrons. The van der Waals surface area contributed by atoms with E-state index in [2.05, 4.69) is 31.2 Å². The molecular weight excluding hydrogens is 314 g/mol. The van der Waals surface area contributed by atoms with Gasteiger partial charge in [-0.05, 0) is 36.5 Å². The van der Waals surface area contributed by atoms with E-state index in [1.54, 1.807) is 12.0 Å². The van der Waals surface area contributed by atoms with Crippen molar-refractivity contribution in [1.82, 2.24) is 0 Å². The van der Waals surface area contributed by atoms with Crippen molar-refractivity contribution in [2.45, 2.75) is 38.7 Å². The fourth-order valence-corrected chi connectivity index (χ4v) is 3.28. The molecule has 25 heavy (non-hydrogen) atoms. The number of rotatable bonds is 5. The van der Waals surface area contributed by atoms with Crippen molar-refractivity contribution in [1.29, 1.82) is 0 Å². The standard InChI is InChI=1S/C21H25NO3/c1-3-15-4-6-16(7-5-15)8-11-21(24)22-13-12-20(23)18-10-9-17(25-2)14-19(18)22/h4-7,9-10,14,20,23H,3,8,11-13H2,1-2H3. The summed E-state index contributed by atoms with van der Waals surface area (Å²) in [7, 11) is 1.60. The summed E-state index contributed by atoms with van der Waals surface area (Å²) < 4.78 is 5.28. The Morgan fingerprint density at radius 1 is 1.20 bits per heavy atom. The number of anilines is 1. The Morgan fingerprint density at radius 3 is 2.60 bits per heavy atom. The number of carbonyl (C=O) groups is 1. The van der Waals surface area contributed by atoms with Crippen LogP contribution in [0.4, 0.5) is 5.69 Å². The number of aliphatic hydroxyl groups excluding tert-OH is 1. The molecular formula is C21H25NO3. The molecule has 3 rings (SSSR count). The van der Waals surface area contributed by atoms with Gasteiger partial charge < -0.3 is 14.7 Å². The molecule has 132 valence electrons. The molecule has 0 bridgehead atoms. The highest BCUT2D eigenvalue weighted by Gasteiger charge is 2.27. The van der Waals surface area contributed by atoms with E-state index in [1.165, 1.54) is 11.1 Å². The lowest BCUT2D eigenvalue weighted by molar-refractivity contribution is -0.118. The maximum absolute atomic E-state index is 12.8. The molecule has 1 aliphatic heterocycles. The topological polar surface area (TPSA) is 49.8 Å². The van der Waals surface area contributed by atoms with Gasteiger partial charge in [0.05, 0.1) is 18.9 Å². The molecule has 0 aromatic heterocycles. The van der Waals surface area contributed by atoms with Crippen molar-refractivity contribution in [3.8, 4) is 5.75 Å². The second-order valence-electron chi connectivity index (χ2n) is 6.44. The van der Waals surface area contributed by atoms with Gasteiger partial charge in [0.25, 0.3) is 0 Å². The summed E-state index contributed by atoms with van der Waals surface area (Å²) in [6.07, 6.45) is 2.25. The molecule has 0 aliphatic carbocycles. The van der Waals surface area contributed by atoms with Gasteiger partial charge in [0.1, 0.15) is 5.75 Å². The summed E-state index contributed by atoms with van der Waals surface area (Å²) in [5, 5.41) is 10.2. The van der Waals surface area contributed by atoms with Crippen molar-refractivity contribution < 1.29 is 14.6 Å². The second-order valence-corrected chi connectivity index (χ2v) is 6.44. The molecule has 1 atom stereocenters. The van der Waals surface area contributed by atoms with Gasteiger partial charge >= 0.3 is 0 Å². The minimum absolute atomic E-state index is 0.0842. The molecule has 2 aromatic rings. The molecule has 4 nitrogen and oxygen atoms in total. The number of nitrogens with zero attached hydrogens (tertiary/aromatic N) is 1. The van der Waals surface area contributed by atoms with E-state index >= 15 is 0 Å². The Balaban J connectivity index is 1.73. The third-order valence-electron chi connectivity index (χ3n) is 4.87. The number of hydrogen-bond donors (Lipinski definition) is 1. The monoisotopic (exact) mass is 339 g/mol. The number of fused-ring (bicyclic) bond motifs is 1.